The Morgan fingerprint density at radius 2 is 1.67 bits per heavy atom. The molecule has 1 amide bonds. The summed E-state index contributed by atoms with van der Waals surface area (Å²) in [5.74, 6) is -0.0889. The Labute approximate surface area is 140 Å². The average Bonchev–Trinajstić information content (AvgIpc) is 2.45. The molecule has 7 heteroatoms. The molecule has 1 aromatic carbocycles. The van der Waals surface area contributed by atoms with E-state index in [2.05, 4.69) is 10.6 Å². The number of hydrogen-bond donors (Lipinski definition) is 3. The molecule has 1 atom stereocenters. The molecule has 0 aliphatic rings. The first-order chi connectivity index (χ1) is 10.8. The lowest BCUT2D eigenvalue weighted by atomic mass is 9.94. The van der Waals surface area contributed by atoms with Gasteiger partial charge in [-0.15, -0.1) is 0 Å². The van der Waals surface area contributed by atoms with Gasteiger partial charge in [0, 0.05) is 25.0 Å². The summed E-state index contributed by atoms with van der Waals surface area (Å²) in [5.41, 5.74) is -2.54. The van der Waals surface area contributed by atoms with Crippen LogP contribution in [0.1, 0.15) is 38.8 Å². The minimum absolute atomic E-state index is 0.0691. The Morgan fingerprint density at radius 3 is 2.21 bits per heavy atom. The third kappa shape index (κ3) is 6.13. The highest BCUT2D eigenvalue weighted by Gasteiger charge is 2.32. The SMILES string of the molecule is CC(C)(C)C(=O)NCCNCC(C)(O)c1cccc(C(F)(F)F)c1. The van der Waals surface area contributed by atoms with Crippen molar-refractivity contribution in [3.8, 4) is 0 Å². The van der Waals surface area contributed by atoms with Gasteiger partial charge in [-0.05, 0) is 24.6 Å². The first kappa shape index (κ1) is 20.4. The van der Waals surface area contributed by atoms with E-state index in [9.17, 15) is 23.1 Å². The summed E-state index contributed by atoms with van der Waals surface area (Å²) in [6, 6.07) is 4.65. The van der Waals surface area contributed by atoms with Crippen molar-refractivity contribution in [2.45, 2.75) is 39.5 Å². The fourth-order valence-electron chi connectivity index (χ4n) is 1.99. The van der Waals surface area contributed by atoms with Crippen LogP contribution in [0.15, 0.2) is 24.3 Å². The van der Waals surface area contributed by atoms with Crippen LogP contribution < -0.4 is 10.6 Å². The zero-order valence-corrected chi connectivity index (χ0v) is 14.4. The average molecular weight is 346 g/mol. The highest BCUT2D eigenvalue weighted by Crippen LogP contribution is 2.31. The van der Waals surface area contributed by atoms with Crippen LogP contribution in [0.2, 0.25) is 0 Å². The highest BCUT2D eigenvalue weighted by atomic mass is 19.4. The van der Waals surface area contributed by atoms with E-state index in [0.717, 1.165) is 12.1 Å². The van der Waals surface area contributed by atoms with Crippen molar-refractivity contribution in [3.63, 3.8) is 0 Å². The molecular formula is C17H25F3N2O2. The van der Waals surface area contributed by atoms with E-state index in [4.69, 9.17) is 0 Å². The van der Waals surface area contributed by atoms with Gasteiger partial charge >= 0.3 is 6.18 Å². The van der Waals surface area contributed by atoms with Gasteiger partial charge in [-0.3, -0.25) is 4.79 Å². The number of amides is 1. The van der Waals surface area contributed by atoms with Gasteiger partial charge in [-0.1, -0.05) is 32.9 Å². The molecule has 0 saturated heterocycles. The number of carbonyl (C=O) groups excluding carboxylic acids is 1. The van der Waals surface area contributed by atoms with Gasteiger partial charge in [-0.25, -0.2) is 0 Å². The van der Waals surface area contributed by atoms with Crippen LogP contribution in [-0.2, 0) is 16.6 Å². The van der Waals surface area contributed by atoms with Crippen molar-refractivity contribution in [1.29, 1.82) is 0 Å². The van der Waals surface area contributed by atoms with Gasteiger partial charge in [0.15, 0.2) is 0 Å². The zero-order chi connectivity index (χ0) is 18.6. The summed E-state index contributed by atoms with van der Waals surface area (Å²) in [6.45, 7) is 7.69. The van der Waals surface area contributed by atoms with Gasteiger partial charge in [-0.2, -0.15) is 13.2 Å². The standard InChI is InChI=1S/C17H25F3N2O2/c1-15(2,3)14(23)22-9-8-21-11-16(4,24)12-6-5-7-13(10-12)17(18,19)20/h5-7,10,21,24H,8-9,11H2,1-4H3,(H,22,23). The molecule has 1 unspecified atom stereocenters. The number of benzene rings is 1. The van der Waals surface area contributed by atoms with Crippen molar-refractivity contribution >= 4 is 5.91 Å². The summed E-state index contributed by atoms with van der Waals surface area (Å²) in [4.78, 5) is 11.7. The van der Waals surface area contributed by atoms with E-state index >= 15 is 0 Å². The fraction of sp³-hybridized carbons (Fsp3) is 0.588. The third-order valence-corrected chi connectivity index (χ3v) is 3.55. The van der Waals surface area contributed by atoms with Crippen LogP contribution in [0.25, 0.3) is 0 Å². The van der Waals surface area contributed by atoms with Crippen molar-refractivity contribution in [3.05, 3.63) is 35.4 Å². The van der Waals surface area contributed by atoms with Crippen LogP contribution >= 0.6 is 0 Å². The van der Waals surface area contributed by atoms with E-state index in [0.29, 0.717) is 13.1 Å². The second-order valence-corrected chi connectivity index (χ2v) is 7.04. The van der Waals surface area contributed by atoms with Crippen LogP contribution in [-0.4, -0.2) is 30.6 Å². The van der Waals surface area contributed by atoms with Gasteiger partial charge in [0.05, 0.1) is 11.2 Å². The zero-order valence-electron chi connectivity index (χ0n) is 14.4. The highest BCUT2D eigenvalue weighted by molar-refractivity contribution is 5.81. The van der Waals surface area contributed by atoms with Crippen LogP contribution in [0, 0.1) is 5.41 Å². The largest absolute Gasteiger partial charge is 0.416 e. The Morgan fingerprint density at radius 1 is 1.08 bits per heavy atom. The second-order valence-electron chi connectivity index (χ2n) is 7.04. The van der Waals surface area contributed by atoms with Gasteiger partial charge in [0.2, 0.25) is 5.91 Å². The van der Waals surface area contributed by atoms with E-state index in [1.807, 2.05) is 0 Å². The summed E-state index contributed by atoms with van der Waals surface area (Å²) < 4.78 is 38.2. The van der Waals surface area contributed by atoms with Gasteiger partial charge in [0.1, 0.15) is 0 Å². The van der Waals surface area contributed by atoms with Crippen molar-refractivity contribution in [1.82, 2.24) is 10.6 Å². The van der Waals surface area contributed by atoms with Gasteiger partial charge in [0.25, 0.3) is 0 Å². The Hall–Kier alpha value is -1.60. The number of nitrogens with one attached hydrogen (secondary N) is 2. The molecule has 0 aliphatic heterocycles. The van der Waals surface area contributed by atoms with Crippen LogP contribution in [0.5, 0.6) is 0 Å². The lowest BCUT2D eigenvalue weighted by molar-refractivity contribution is -0.137. The number of alkyl halides is 3. The molecule has 1 rings (SSSR count). The molecule has 24 heavy (non-hydrogen) atoms. The van der Waals surface area contributed by atoms with Crippen molar-refractivity contribution < 1.29 is 23.1 Å². The molecular weight excluding hydrogens is 321 g/mol. The molecule has 3 N–H and O–H groups in total. The van der Waals surface area contributed by atoms with Crippen LogP contribution in [0.3, 0.4) is 0 Å². The maximum Gasteiger partial charge on any atom is 0.416 e. The predicted molar refractivity (Wildman–Crippen MR) is 86.3 cm³/mol. The molecule has 4 nitrogen and oxygen atoms in total. The maximum atomic E-state index is 12.7. The molecule has 0 bridgehead atoms. The molecule has 0 aliphatic carbocycles. The summed E-state index contributed by atoms with van der Waals surface area (Å²) >= 11 is 0. The van der Waals surface area contributed by atoms with E-state index in [-0.39, 0.29) is 18.0 Å². The Bertz CT molecular complexity index is 564. The predicted octanol–water partition coefficient (Wildman–Crippen LogP) is 2.66. The van der Waals surface area contributed by atoms with Gasteiger partial charge < -0.3 is 15.7 Å². The Kier molecular flexibility index (Phi) is 6.41. The number of hydrogen-bond acceptors (Lipinski definition) is 3. The second kappa shape index (κ2) is 7.53. The molecule has 136 valence electrons. The summed E-state index contributed by atoms with van der Waals surface area (Å²) in [6.07, 6.45) is -4.45. The minimum atomic E-state index is -4.45. The molecule has 1 aromatic rings. The number of halogens is 3. The topological polar surface area (TPSA) is 61.4 Å². The van der Waals surface area contributed by atoms with Crippen LogP contribution in [0.4, 0.5) is 13.2 Å². The molecule has 0 fully saturated rings. The lowest BCUT2D eigenvalue weighted by Crippen LogP contribution is -2.42. The normalized spacial score (nSPS) is 15.0. The third-order valence-electron chi connectivity index (χ3n) is 3.55. The van der Waals surface area contributed by atoms with E-state index in [1.165, 1.54) is 19.1 Å². The summed E-state index contributed by atoms with van der Waals surface area (Å²) in [5, 5.41) is 16.1. The quantitative estimate of drug-likeness (QED) is 0.694. The number of carbonyl (C=O) groups is 1. The molecule has 0 aromatic heterocycles. The van der Waals surface area contributed by atoms with Crippen molar-refractivity contribution in [2.24, 2.45) is 5.41 Å². The molecule has 0 radical (unpaired) electrons. The first-order valence-electron chi connectivity index (χ1n) is 7.73. The lowest BCUT2D eigenvalue weighted by Gasteiger charge is -2.25. The maximum absolute atomic E-state index is 12.7. The monoisotopic (exact) mass is 346 g/mol. The molecule has 0 spiro atoms. The van der Waals surface area contributed by atoms with E-state index < -0.39 is 22.8 Å². The number of aliphatic hydroxyl groups is 1. The Balaban J connectivity index is 2.54. The first-order valence-corrected chi connectivity index (χ1v) is 7.73. The van der Waals surface area contributed by atoms with E-state index in [1.54, 1.807) is 20.8 Å². The molecule has 0 saturated carbocycles. The minimum Gasteiger partial charge on any atom is -0.384 e. The smallest absolute Gasteiger partial charge is 0.384 e. The summed E-state index contributed by atoms with van der Waals surface area (Å²) in [7, 11) is 0. The van der Waals surface area contributed by atoms with Crippen molar-refractivity contribution in [2.75, 3.05) is 19.6 Å². The molecule has 0 heterocycles. The number of rotatable bonds is 6. The fourth-order valence-corrected chi connectivity index (χ4v) is 1.99.